The van der Waals surface area contributed by atoms with E-state index in [0.29, 0.717) is 0 Å². The maximum atomic E-state index is 11.7. The van der Waals surface area contributed by atoms with E-state index in [1.54, 1.807) is 0 Å². The van der Waals surface area contributed by atoms with Crippen molar-refractivity contribution in [1.29, 1.82) is 0 Å². The van der Waals surface area contributed by atoms with Crippen molar-refractivity contribution in [2.45, 2.75) is 12.8 Å². The van der Waals surface area contributed by atoms with Gasteiger partial charge in [-0.15, -0.1) is 0 Å². The molecule has 1 heterocycles. The van der Waals surface area contributed by atoms with Crippen molar-refractivity contribution in [2.24, 2.45) is 5.92 Å². The van der Waals surface area contributed by atoms with Crippen molar-refractivity contribution in [3.05, 3.63) is 28.9 Å². The van der Waals surface area contributed by atoms with Crippen molar-refractivity contribution in [1.82, 2.24) is 4.98 Å². The number of amides is 1. The number of aromatic nitrogens is 1. The molecule has 0 atom stereocenters. The largest absolute Gasteiger partial charge is 0.359 e. The van der Waals surface area contributed by atoms with Gasteiger partial charge in [0, 0.05) is 22.0 Å². The van der Waals surface area contributed by atoms with E-state index < -0.39 is 0 Å². The molecule has 1 amide bonds. The highest BCUT2D eigenvalue weighted by atomic mass is 79.9. The number of benzene rings is 1. The van der Waals surface area contributed by atoms with E-state index in [0.717, 1.165) is 33.9 Å². The minimum absolute atomic E-state index is 0.133. The monoisotopic (exact) mass is 278 g/mol. The number of fused-ring (bicyclic) bond motifs is 1. The first-order chi connectivity index (χ1) is 7.74. The first-order valence-electron chi connectivity index (χ1n) is 5.31. The van der Waals surface area contributed by atoms with Gasteiger partial charge >= 0.3 is 0 Å². The predicted molar refractivity (Wildman–Crippen MR) is 67.4 cm³/mol. The molecule has 0 unspecified atom stereocenters. The number of H-pyrrole nitrogens is 1. The Kier molecular flexibility index (Phi) is 2.24. The van der Waals surface area contributed by atoms with E-state index in [1.165, 1.54) is 0 Å². The van der Waals surface area contributed by atoms with Crippen LogP contribution in [0.5, 0.6) is 0 Å². The number of hydrogen-bond donors (Lipinski definition) is 2. The second kappa shape index (κ2) is 3.63. The third-order valence-corrected chi connectivity index (χ3v) is 3.29. The highest BCUT2D eigenvalue weighted by Crippen LogP contribution is 2.32. The van der Waals surface area contributed by atoms with E-state index in [1.807, 2.05) is 24.4 Å². The summed E-state index contributed by atoms with van der Waals surface area (Å²) in [7, 11) is 0. The zero-order chi connectivity index (χ0) is 11.1. The zero-order valence-corrected chi connectivity index (χ0v) is 10.2. The van der Waals surface area contributed by atoms with Crippen molar-refractivity contribution in [3.8, 4) is 0 Å². The normalized spacial score (nSPS) is 15.3. The van der Waals surface area contributed by atoms with Crippen LogP contribution in [0.25, 0.3) is 10.9 Å². The standard InChI is InChI=1S/C12H11BrN2O/c13-9-5-8-3-4-14-11(8)10(6-9)15-12(16)7-1-2-7/h3-7,14H,1-2H2,(H,15,16). The number of rotatable bonds is 2. The van der Waals surface area contributed by atoms with Crippen LogP contribution in [0.2, 0.25) is 0 Å². The highest BCUT2D eigenvalue weighted by Gasteiger charge is 2.29. The van der Waals surface area contributed by atoms with Gasteiger partial charge in [-0.2, -0.15) is 0 Å². The Labute approximate surface area is 101 Å². The summed E-state index contributed by atoms with van der Waals surface area (Å²) >= 11 is 3.45. The molecule has 2 N–H and O–H groups in total. The van der Waals surface area contributed by atoms with E-state index in [9.17, 15) is 4.79 Å². The van der Waals surface area contributed by atoms with Crippen LogP contribution in [0, 0.1) is 5.92 Å². The van der Waals surface area contributed by atoms with Crippen LogP contribution in [-0.2, 0) is 4.79 Å². The Hall–Kier alpha value is -1.29. The van der Waals surface area contributed by atoms with E-state index >= 15 is 0 Å². The minimum atomic E-state index is 0.133. The summed E-state index contributed by atoms with van der Waals surface area (Å²) in [6.45, 7) is 0. The maximum absolute atomic E-state index is 11.7. The van der Waals surface area contributed by atoms with Gasteiger partial charge in [0.2, 0.25) is 5.91 Å². The Morgan fingerprint density at radius 1 is 1.44 bits per heavy atom. The number of anilines is 1. The fraction of sp³-hybridized carbons (Fsp3) is 0.250. The lowest BCUT2D eigenvalue weighted by Crippen LogP contribution is -2.13. The maximum Gasteiger partial charge on any atom is 0.227 e. The molecule has 0 aliphatic heterocycles. The molecule has 1 aliphatic rings. The summed E-state index contributed by atoms with van der Waals surface area (Å²) < 4.78 is 0.977. The van der Waals surface area contributed by atoms with Crippen LogP contribution in [0.15, 0.2) is 28.9 Å². The van der Waals surface area contributed by atoms with Gasteiger partial charge in [0.1, 0.15) is 0 Å². The topological polar surface area (TPSA) is 44.9 Å². The minimum Gasteiger partial charge on any atom is -0.359 e. The van der Waals surface area contributed by atoms with Gasteiger partial charge in [-0.1, -0.05) is 15.9 Å². The van der Waals surface area contributed by atoms with E-state index in [-0.39, 0.29) is 11.8 Å². The molecule has 0 spiro atoms. The molecule has 4 heteroatoms. The molecule has 3 nitrogen and oxygen atoms in total. The molecule has 1 aliphatic carbocycles. The molecule has 1 saturated carbocycles. The first-order valence-corrected chi connectivity index (χ1v) is 6.11. The van der Waals surface area contributed by atoms with Crippen molar-refractivity contribution >= 4 is 38.4 Å². The van der Waals surface area contributed by atoms with E-state index in [4.69, 9.17) is 0 Å². The fourth-order valence-corrected chi connectivity index (χ4v) is 2.29. The quantitative estimate of drug-likeness (QED) is 0.870. The zero-order valence-electron chi connectivity index (χ0n) is 8.59. The van der Waals surface area contributed by atoms with Crippen molar-refractivity contribution in [2.75, 3.05) is 5.32 Å². The molecule has 0 radical (unpaired) electrons. The molecule has 1 aromatic heterocycles. The molecule has 1 fully saturated rings. The SMILES string of the molecule is O=C(Nc1cc(Br)cc2cc[nH]c12)C1CC1. The van der Waals surface area contributed by atoms with Gasteiger partial charge in [0.15, 0.2) is 0 Å². The lowest BCUT2D eigenvalue weighted by molar-refractivity contribution is -0.117. The fourth-order valence-electron chi connectivity index (χ4n) is 1.81. The summed E-state index contributed by atoms with van der Waals surface area (Å²) in [5.41, 5.74) is 1.84. The average molecular weight is 279 g/mol. The third kappa shape index (κ3) is 1.73. The van der Waals surface area contributed by atoms with Gasteiger partial charge < -0.3 is 10.3 Å². The first kappa shape index (κ1) is 9.90. The van der Waals surface area contributed by atoms with Gasteiger partial charge in [-0.3, -0.25) is 4.79 Å². The summed E-state index contributed by atoms with van der Waals surface area (Å²) in [6, 6.07) is 5.95. The third-order valence-electron chi connectivity index (χ3n) is 2.83. The van der Waals surface area contributed by atoms with Crippen LogP contribution in [0.1, 0.15) is 12.8 Å². The molecule has 2 aromatic rings. The van der Waals surface area contributed by atoms with Crippen LogP contribution >= 0.6 is 15.9 Å². The number of carbonyl (C=O) groups excluding carboxylic acids is 1. The number of hydrogen-bond acceptors (Lipinski definition) is 1. The Morgan fingerprint density at radius 2 is 2.25 bits per heavy atom. The summed E-state index contributed by atoms with van der Waals surface area (Å²) in [6.07, 6.45) is 3.92. The molecular weight excluding hydrogens is 268 g/mol. The molecule has 82 valence electrons. The molecular formula is C12H11BrN2O. The second-order valence-corrected chi connectivity index (χ2v) is 5.07. The summed E-state index contributed by atoms with van der Waals surface area (Å²) in [5.74, 6) is 0.359. The van der Waals surface area contributed by atoms with Crippen LogP contribution in [0.4, 0.5) is 5.69 Å². The lowest BCUT2D eigenvalue weighted by atomic mass is 10.2. The predicted octanol–water partition coefficient (Wildman–Crippen LogP) is 3.28. The Bertz CT molecular complexity index is 557. The van der Waals surface area contributed by atoms with Gasteiger partial charge in [0.25, 0.3) is 0 Å². The molecule has 0 saturated heterocycles. The smallest absolute Gasteiger partial charge is 0.227 e. The van der Waals surface area contributed by atoms with Crippen molar-refractivity contribution < 1.29 is 4.79 Å². The number of aromatic amines is 1. The summed E-state index contributed by atoms with van der Waals surface area (Å²) in [4.78, 5) is 14.9. The highest BCUT2D eigenvalue weighted by molar-refractivity contribution is 9.10. The molecule has 0 bridgehead atoms. The van der Waals surface area contributed by atoms with E-state index in [2.05, 4.69) is 26.2 Å². The second-order valence-electron chi connectivity index (χ2n) is 4.16. The Balaban J connectivity index is 2.00. The molecule has 1 aromatic carbocycles. The molecule has 3 rings (SSSR count). The van der Waals surface area contributed by atoms with Crippen molar-refractivity contribution in [3.63, 3.8) is 0 Å². The van der Waals surface area contributed by atoms with Crippen LogP contribution in [-0.4, -0.2) is 10.9 Å². The average Bonchev–Trinajstić information content (AvgIpc) is 2.98. The van der Waals surface area contributed by atoms with Gasteiger partial charge in [-0.25, -0.2) is 0 Å². The van der Waals surface area contributed by atoms with Gasteiger partial charge in [0.05, 0.1) is 11.2 Å². The van der Waals surface area contributed by atoms with Crippen LogP contribution in [0.3, 0.4) is 0 Å². The number of carbonyl (C=O) groups is 1. The molecule has 16 heavy (non-hydrogen) atoms. The lowest BCUT2D eigenvalue weighted by Gasteiger charge is -2.06. The van der Waals surface area contributed by atoms with Crippen LogP contribution < -0.4 is 5.32 Å². The summed E-state index contributed by atoms with van der Waals surface area (Å²) in [5, 5.41) is 4.07. The number of halogens is 1. The number of nitrogens with one attached hydrogen (secondary N) is 2. The Morgan fingerprint density at radius 3 is 3.00 bits per heavy atom. The van der Waals surface area contributed by atoms with Gasteiger partial charge in [-0.05, 0) is 31.0 Å².